The van der Waals surface area contributed by atoms with Crippen LogP contribution >= 0.6 is 31.9 Å². The number of carbonyl (C=O) groups excluding carboxylic acids is 1. The first kappa shape index (κ1) is 31.5. The molecule has 0 aliphatic carbocycles. The Balaban J connectivity index is 1.39. The summed E-state index contributed by atoms with van der Waals surface area (Å²) >= 11 is 7.31. The molecule has 0 heterocycles. The van der Waals surface area contributed by atoms with E-state index in [1.165, 1.54) is 69.9 Å². The van der Waals surface area contributed by atoms with E-state index in [1.54, 1.807) is 12.1 Å². The number of nitrogens with one attached hydrogen (secondary N) is 2. The van der Waals surface area contributed by atoms with Gasteiger partial charge in [0.25, 0.3) is 5.91 Å². The SMILES string of the molecule is CCCCCCCCCCCCNC(=O)c1cc(Br)c(CNCc2cccc(-c3ccc(F)cc3)c2)c(Br)c1. The number of amides is 1. The number of rotatable bonds is 17. The molecular weight excluding hydrogens is 619 g/mol. The molecule has 39 heavy (non-hydrogen) atoms. The fraction of sp³-hybridized carbons (Fsp3) is 0.424. The largest absolute Gasteiger partial charge is 0.352 e. The highest BCUT2D eigenvalue weighted by molar-refractivity contribution is 9.11. The van der Waals surface area contributed by atoms with E-state index < -0.39 is 0 Å². The quantitative estimate of drug-likeness (QED) is 0.142. The maximum atomic E-state index is 13.3. The topological polar surface area (TPSA) is 41.1 Å². The lowest BCUT2D eigenvalue weighted by atomic mass is 10.0. The van der Waals surface area contributed by atoms with E-state index in [0.29, 0.717) is 25.2 Å². The van der Waals surface area contributed by atoms with Crippen molar-refractivity contribution in [2.75, 3.05) is 6.54 Å². The molecule has 0 unspecified atom stereocenters. The fourth-order valence-corrected chi connectivity index (χ4v) is 6.12. The Morgan fingerprint density at radius 1 is 0.744 bits per heavy atom. The van der Waals surface area contributed by atoms with Crippen molar-refractivity contribution < 1.29 is 9.18 Å². The van der Waals surface area contributed by atoms with Gasteiger partial charge in [-0.05, 0) is 59.0 Å². The molecule has 210 valence electrons. The van der Waals surface area contributed by atoms with Crippen LogP contribution in [0.3, 0.4) is 0 Å². The molecule has 0 aliphatic heterocycles. The Labute approximate surface area is 250 Å². The lowest BCUT2D eigenvalue weighted by Gasteiger charge is -2.13. The summed E-state index contributed by atoms with van der Waals surface area (Å²) in [5.41, 5.74) is 4.91. The number of carbonyl (C=O) groups is 1. The summed E-state index contributed by atoms with van der Waals surface area (Å²) in [5, 5.41) is 6.56. The molecule has 0 atom stereocenters. The maximum absolute atomic E-state index is 13.3. The molecule has 0 saturated carbocycles. The smallest absolute Gasteiger partial charge is 0.251 e. The van der Waals surface area contributed by atoms with E-state index in [-0.39, 0.29) is 11.7 Å². The first-order chi connectivity index (χ1) is 19.0. The van der Waals surface area contributed by atoms with Crippen molar-refractivity contribution in [3.05, 3.63) is 92.1 Å². The van der Waals surface area contributed by atoms with Gasteiger partial charge in [-0.15, -0.1) is 0 Å². The zero-order valence-corrected chi connectivity index (χ0v) is 26.2. The maximum Gasteiger partial charge on any atom is 0.251 e. The fourth-order valence-electron chi connectivity index (χ4n) is 4.65. The van der Waals surface area contributed by atoms with Gasteiger partial charge in [0.15, 0.2) is 0 Å². The summed E-state index contributed by atoms with van der Waals surface area (Å²) in [4.78, 5) is 12.7. The standard InChI is InChI=1S/C33H41Br2FN2O/c1-2-3-4-5-6-7-8-9-10-11-19-38-33(39)28-21-31(34)30(32(35)22-28)24-37-23-25-13-12-14-27(20-25)26-15-17-29(36)18-16-26/h12-18,20-22,37H,2-11,19,23-24H2,1H3,(H,38,39). The molecule has 0 radical (unpaired) electrons. The third-order valence-corrected chi connectivity index (χ3v) is 8.37. The minimum Gasteiger partial charge on any atom is -0.352 e. The second kappa shape index (κ2) is 17.6. The molecule has 0 aromatic heterocycles. The van der Waals surface area contributed by atoms with E-state index in [0.717, 1.165) is 37.6 Å². The Hall–Kier alpha value is -2.02. The third kappa shape index (κ3) is 11.2. The Bertz CT molecular complexity index is 1140. The minimum absolute atomic E-state index is 0.0376. The molecule has 0 saturated heterocycles. The van der Waals surface area contributed by atoms with Crippen molar-refractivity contribution in [3.63, 3.8) is 0 Å². The van der Waals surface area contributed by atoms with Crippen LogP contribution in [-0.2, 0) is 13.1 Å². The zero-order chi connectivity index (χ0) is 27.9. The molecule has 3 nitrogen and oxygen atoms in total. The molecule has 0 spiro atoms. The van der Waals surface area contributed by atoms with Gasteiger partial charge >= 0.3 is 0 Å². The highest BCUT2D eigenvalue weighted by atomic mass is 79.9. The average molecular weight is 661 g/mol. The van der Waals surface area contributed by atoms with Crippen LogP contribution in [-0.4, -0.2) is 12.5 Å². The molecule has 3 rings (SSSR count). The minimum atomic E-state index is -0.231. The van der Waals surface area contributed by atoms with Crippen molar-refractivity contribution in [3.8, 4) is 11.1 Å². The summed E-state index contributed by atoms with van der Waals surface area (Å²) in [6.45, 7) is 4.30. The average Bonchev–Trinajstić information content (AvgIpc) is 2.93. The van der Waals surface area contributed by atoms with Crippen LogP contribution in [0.4, 0.5) is 4.39 Å². The predicted octanol–water partition coefficient (Wildman–Crippen LogP) is 9.96. The summed E-state index contributed by atoms with van der Waals surface area (Å²) in [7, 11) is 0. The summed E-state index contributed by atoms with van der Waals surface area (Å²) in [6.07, 6.45) is 12.8. The molecular formula is C33H41Br2FN2O. The van der Waals surface area contributed by atoms with Crippen LogP contribution in [0.25, 0.3) is 11.1 Å². The second-order valence-corrected chi connectivity index (χ2v) is 11.9. The first-order valence-electron chi connectivity index (χ1n) is 14.3. The first-order valence-corrected chi connectivity index (χ1v) is 15.9. The second-order valence-electron chi connectivity index (χ2n) is 10.2. The molecule has 3 aromatic rings. The normalized spacial score (nSPS) is 11.1. The predicted molar refractivity (Wildman–Crippen MR) is 168 cm³/mol. The molecule has 1 amide bonds. The molecule has 0 aliphatic rings. The molecule has 0 fully saturated rings. The van der Waals surface area contributed by atoms with E-state index in [4.69, 9.17) is 0 Å². The van der Waals surface area contributed by atoms with Crippen molar-refractivity contribution in [2.45, 2.75) is 84.2 Å². The van der Waals surface area contributed by atoms with E-state index >= 15 is 0 Å². The summed E-state index contributed by atoms with van der Waals surface area (Å²) in [6, 6.07) is 18.6. The lowest BCUT2D eigenvalue weighted by molar-refractivity contribution is 0.0952. The Kier molecular flexibility index (Phi) is 14.2. The van der Waals surface area contributed by atoms with Crippen LogP contribution in [0, 0.1) is 5.82 Å². The van der Waals surface area contributed by atoms with Crippen LogP contribution in [0.15, 0.2) is 69.6 Å². The van der Waals surface area contributed by atoms with Gasteiger partial charge in [0.05, 0.1) is 0 Å². The third-order valence-electron chi connectivity index (χ3n) is 6.95. The van der Waals surface area contributed by atoms with Crippen molar-refractivity contribution >= 4 is 37.8 Å². The lowest BCUT2D eigenvalue weighted by Crippen LogP contribution is -2.24. The van der Waals surface area contributed by atoms with Crippen LogP contribution < -0.4 is 10.6 Å². The molecule has 3 aromatic carbocycles. The molecule has 2 N–H and O–H groups in total. The van der Waals surface area contributed by atoms with Crippen LogP contribution in [0.2, 0.25) is 0 Å². The van der Waals surface area contributed by atoms with Gasteiger partial charge in [-0.3, -0.25) is 4.79 Å². The van der Waals surface area contributed by atoms with Crippen LogP contribution in [0.1, 0.15) is 92.6 Å². The van der Waals surface area contributed by atoms with Crippen molar-refractivity contribution in [2.24, 2.45) is 0 Å². The molecule has 0 bridgehead atoms. The summed E-state index contributed by atoms with van der Waals surface area (Å²) in [5.74, 6) is -0.269. The Morgan fingerprint density at radius 2 is 1.36 bits per heavy atom. The molecule has 6 heteroatoms. The number of unbranched alkanes of at least 4 members (excludes halogenated alkanes) is 9. The van der Waals surface area contributed by atoms with Gasteiger partial charge in [-0.2, -0.15) is 0 Å². The van der Waals surface area contributed by atoms with Gasteiger partial charge in [0.1, 0.15) is 5.82 Å². The number of hydrogen-bond donors (Lipinski definition) is 2. The number of benzene rings is 3. The van der Waals surface area contributed by atoms with E-state index in [1.807, 2.05) is 24.3 Å². The van der Waals surface area contributed by atoms with Crippen LogP contribution in [0.5, 0.6) is 0 Å². The number of hydrogen-bond acceptors (Lipinski definition) is 2. The van der Waals surface area contributed by atoms with Crippen molar-refractivity contribution in [1.29, 1.82) is 0 Å². The van der Waals surface area contributed by atoms with E-state index in [9.17, 15) is 9.18 Å². The Morgan fingerprint density at radius 3 is 2.00 bits per heavy atom. The van der Waals surface area contributed by atoms with Gasteiger partial charge < -0.3 is 10.6 Å². The zero-order valence-electron chi connectivity index (χ0n) is 23.0. The monoisotopic (exact) mass is 658 g/mol. The van der Waals surface area contributed by atoms with Gasteiger partial charge in [-0.1, -0.05) is 127 Å². The highest BCUT2D eigenvalue weighted by Crippen LogP contribution is 2.28. The highest BCUT2D eigenvalue weighted by Gasteiger charge is 2.12. The van der Waals surface area contributed by atoms with Gasteiger partial charge in [-0.25, -0.2) is 4.39 Å². The number of halogens is 3. The van der Waals surface area contributed by atoms with Crippen molar-refractivity contribution in [1.82, 2.24) is 10.6 Å². The summed E-state index contributed by atoms with van der Waals surface area (Å²) < 4.78 is 15.0. The van der Waals surface area contributed by atoms with Gasteiger partial charge in [0, 0.05) is 34.1 Å². The van der Waals surface area contributed by atoms with Gasteiger partial charge in [0.2, 0.25) is 0 Å². The van der Waals surface area contributed by atoms with E-state index in [2.05, 4.69) is 61.5 Å².